The van der Waals surface area contributed by atoms with Gasteiger partial charge in [0.15, 0.2) is 17.7 Å². The molecule has 3 aromatic carbocycles. The van der Waals surface area contributed by atoms with Crippen LogP contribution in [0, 0.1) is 0 Å². The molecule has 0 saturated heterocycles. The summed E-state index contributed by atoms with van der Waals surface area (Å²) in [5.41, 5.74) is 6.45. The van der Waals surface area contributed by atoms with E-state index in [1.807, 2.05) is 31.2 Å². The van der Waals surface area contributed by atoms with E-state index in [0.717, 1.165) is 24.3 Å². The number of anilines is 1. The number of aliphatic hydroxyl groups is 1. The largest absolute Gasteiger partial charge is 0.490 e. The maximum absolute atomic E-state index is 12.5. The van der Waals surface area contributed by atoms with Crippen LogP contribution in [-0.4, -0.2) is 63.0 Å². The molecule has 1 aliphatic heterocycles. The first-order chi connectivity index (χ1) is 23.6. The van der Waals surface area contributed by atoms with Crippen LogP contribution in [0.5, 0.6) is 17.2 Å². The van der Waals surface area contributed by atoms with Crippen molar-refractivity contribution < 1.29 is 33.6 Å². The number of benzene rings is 3. The number of nitrogens with one attached hydrogen (secondary N) is 3. The van der Waals surface area contributed by atoms with Gasteiger partial charge in [-0.15, -0.1) is 0 Å². The normalized spacial score (nSPS) is 14.9. The average molecular weight is 715 g/mol. The predicted octanol–water partition coefficient (Wildman–Crippen LogP) is 5.94. The Balaban J connectivity index is 1.45. The molecule has 0 aromatic heterocycles. The summed E-state index contributed by atoms with van der Waals surface area (Å²) in [4.78, 5) is 26.9. The molecule has 12 nitrogen and oxygen atoms in total. The number of nitrogens with zero attached hydrogens (tertiary/aromatic N) is 2. The summed E-state index contributed by atoms with van der Waals surface area (Å²) in [5, 5.41) is 21.1. The van der Waals surface area contributed by atoms with Crippen LogP contribution in [0.25, 0.3) is 0 Å². The first-order valence-electron chi connectivity index (χ1n) is 15.8. The fourth-order valence-electron chi connectivity index (χ4n) is 5.15. The standard InChI is InChI=1S/C35H41Cl2N5O7/c1-6-42(7-2)25-12-10-24(29(17-25)48-19-22-9-13-26(36)27(37)15-22)18-38-41-31(43)20-49-28-14-11-23(16-30(28)47-8-3)33-32(34(44)46-5)21(4)39-35(45)40-33/h9-18,31,33,41,43H,6-8,19-20H2,1-5H3,(H2,39,40,45)/b38-18+/t31-,33+/m1/s1. The molecule has 1 aliphatic rings. The topological polar surface area (TPSA) is 143 Å². The van der Waals surface area contributed by atoms with Crippen LogP contribution >= 0.6 is 23.2 Å². The molecule has 4 N–H and O–H groups in total. The number of hydrogen-bond acceptors (Lipinski definition) is 10. The summed E-state index contributed by atoms with van der Waals surface area (Å²) < 4.78 is 22.8. The van der Waals surface area contributed by atoms with Crippen molar-refractivity contribution in [2.75, 3.05) is 38.3 Å². The van der Waals surface area contributed by atoms with Crippen molar-refractivity contribution in [3.05, 3.63) is 92.6 Å². The Morgan fingerprint density at radius 3 is 2.47 bits per heavy atom. The molecule has 0 spiro atoms. The smallest absolute Gasteiger partial charge is 0.337 e. The second kappa shape index (κ2) is 17.7. The van der Waals surface area contributed by atoms with Gasteiger partial charge >= 0.3 is 12.0 Å². The van der Waals surface area contributed by atoms with Crippen molar-refractivity contribution in [1.82, 2.24) is 16.1 Å². The van der Waals surface area contributed by atoms with E-state index in [2.05, 4.69) is 39.9 Å². The molecule has 0 radical (unpaired) electrons. The Labute approximate surface area is 296 Å². The van der Waals surface area contributed by atoms with E-state index >= 15 is 0 Å². The number of esters is 1. The highest BCUT2D eigenvalue weighted by Gasteiger charge is 2.32. The van der Waals surface area contributed by atoms with Crippen LogP contribution in [0.4, 0.5) is 10.5 Å². The number of halogens is 2. The molecule has 4 rings (SSSR count). The first-order valence-corrected chi connectivity index (χ1v) is 16.5. The predicted molar refractivity (Wildman–Crippen MR) is 190 cm³/mol. The number of urea groups is 1. The second-order valence-corrected chi connectivity index (χ2v) is 11.7. The number of hydrazone groups is 1. The summed E-state index contributed by atoms with van der Waals surface area (Å²) in [6, 6.07) is 15.0. The first kappa shape index (κ1) is 37.2. The van der Waals surface area contributed by atoms with Crippen molar-refractivity contribution in [2.45, 2.75) is 46.6 Å². The monoisotopic (exact) mass is 713 g/mol. The van der Waals surface area contributed by atoms with Crippen LogP contribution < -0.4 is 35.2 Å². The number of rotatable bonds is 16. The van der Waals surface area contributed by atoms with Crippen LogP contribution in [0.15, 0.2) is 71.0 Å². The van der Waals surface area contributed by atoms with Crippen molar-refractivity contribution in [3.8, 4) is 17.2 Å². The number of aliphatic hydroxyl groups excluding tert-OH is 1. The van der Waals surface area contributed by atoms with Crippen molar-refractivity contribution >= 4 is 47.1 Å². The van der Waals surface area contributed by atoms with Gasteiger partial charge in [-0.2, -0.15) is 5.10 Å². The van der Waals surface area contributed by atoms with Gasteiger partial charge in [-0.25, -0.2) is 9.59 Å². The van der Waals surface area contributed by atoms with E-state index in [1.54, 1.807) is 43.5 Å². The highest BCUT2D eigenvalue weighted by molar-refractivity contribution is 6.42. The maximum Gasteiger partial charge on any atom is 0.337 e. The number of hydrogen-bond donors (Lipinski definition) is 4. The molecular weight excluding hydrogens is 673 g/mol. The van der Waals surface area contributed by atoms with Gasteiger partial charge in [-0.3, -0.25) is 5.43 Å². The molecule has 1 heterocycles. The summed E-state index contributed by atoms with van der Waals surface area (Å²) >= 11 is 12.3. The van der Waals surface area contributed by atoms with E-state index in [0.29, 0.717) is 50.7 Å². The number of methoxy groups -OCH3 is 1. The third-order valence-corrected chi connectivity index (χ3v) is 8.34. The fourth-order valence-corrected chi connectivity index (χ4v) is 5.47. The zero-order valence-electron chi connectivity index (χ0n) is 28.0. The summed E-state index contributed by atoms with van der Waals surface area (Å²) in [7, 11) is 1.28. The molecule has 0 saturated carbocycles. The fraction of sp³-hybridized carbons (Fsp3) is 0.343. The Morgan fingerprint density at radius 1 is 1.00 bits per heavy atom. The van der Waals surface area contributed by atoms with Gasteiger partial charge in [0.05, 0.1) is 41.6 Å². The van der Waals surface area contributed by atoms with Gasteiger partial charge in [-0.1, -0.05) is 35.3 Å². The van der Waals surface area contributed by atoms with Gasteiger partial charge in [0.25, 0.3) is 0 Å². The van der Waals surface area contributed by atoms with Crippen molar-refractivity contribution in [3.63, 3.8) is 0 Å². The maximum atomic E-state index is 12.5. The van der Waals surface area contributed by atoms with Gasteiger partial charge in [0.2, 0.25) is 0 Å². The highest BCUT2D eigenvalue weighted by atomic mass is 35.5. The van der Waals surface area contributed by atoms with Gasteiger partial charge < -0.3 is 39.6 Å². The van der Waals surface area contributed by atoms with E-state index in [9.17, 15) is 14.7 Å². The van der Waals surface area contributed by atoms with E-state index in [1.165, 1.54) is 7.11 Å². The third-order valence-electron chi connectivity index (χ3n) is 7.60. The molecule has 2 atom stereocenters. The number of allylic oxidation sites excluding steroid dienone is 1. The lowest BCUT2D eigenvalue weighted by molar-refractivity contribution is -0.136. The lowest BCUT2D eigenvalue weighted by Gasteiger charge is -2.28. The molecule has 0 fully saturated rings. The van der Waals surface area contributed by atoms with Gasteiger partial charge in [-0.05, 0) is 75.2 Å². The Bertz CT molecular complexity index is 1700. The Morgan fingerprint density at radius 2 is 1.78 bits per heavy atom. The highest BCUT2D eigenvalue weighted by Crippen LogP contribution is 2.35. The summed E-state index contributed by atoms with van der Waals surface area (Å²) in [5.74, 6) is 0.731. The molecule has 3 aromatic rings. The van der Waals surface area contributed by atoms with Crippen molar-refractivity contribution in [2.24, 2.45) is 5.10 Å². The lowest BCUT2D eigenvalue weighted by Crippen LogP contribution is -2.45. The summed E-state index contributed by atoms with van der Waals surface area (Å²) in [6.07, 6.45) is 0.378. The number of carbonyl (C=O) groups excluding carboxylic acids is 2. The van der Waals surface area contributed by atoms with Gasteiger partial charge in [0, 0.05) is 36.1 Å². The minimum absolute atomic E-state index is 0.172. The van der Waals surface area contributed by atoms with E-state index in [4.69, 9.17) is 42.1 Å². The molecular formula is C35H41Cl2N5O7. The number of ether oxygens (including phenoxy) is 4. The zero-order chi connectivity index (χ0) is 35.5. The Kier molecular flexibility index (Phi) is 13.4. The Hall–Kier alpha value is -4.65. The zero-order valence-corrected chi connectivity index (χ0v) is 29.5. The third kappa shape index (κ3) is 9.71. The molecule has 14 heteroatoms. The van der Waals surface area contributed by atoms with Crippen LogP contribution in [-0.2, 0) is 16.1 Å². The lowest BCUT2D eigenvalue weighted by atomic mass is 9.95. The molecule has 0 aliphatic carbocycles. The SMILES string of the molecule is CCOc1cc([C@@H]2NC(=O)NC(C)=C2C(=O)OC)ccc1OC[C@@H](O)N/N=C/c1ccc(N(CC)CC)cc1OCc1ccc(Cl)c(Cl)c1. The number of amides is 2. The molecule has 0 unspecified atom stereocenters. The van der Waals surface area contributed by atoms with E-state index in [-0.39, 0.29) is 18.8 Å². The minimum Gasteiger partial charge on any atom is -0.490 e. The quantitative estimate of drug-likeness (QED) is 0.0614. The average Bonchev–Trinajstić information content (AvgIpc) is 3.09. The minimum atomic E-state index is -1.18. The van der Waals surface area contributed by atoms with E-state index < -0.39 is 24.3 Å². The van der Waals surface area contributed by atoms with Crippen LogP contribution in [0.1, 0.15) is 50.4 Å². The second-order valence-electron chi connectivity index (χ2n) is 10.8. The molecule has 49 heavy (non-hydrogen) atoms. The van der Waals surface area contributed by atoms with Crippen LogP contribution in [0.3, 0.4) is 0 Å². The molecule has 0 bridgehead atoms. The van der Waals surface area contributed by atoms with Crippen LogP contribution in [0.2, 0.25) is 10.0 Å². The van der Waals surface area contributed by atoms with Gasteiger partial charge in [0.1, 0.15) is 19.0 Å². The van der Waals surface area contributed by atoms with Crippen molar-refractivity contribution in [1.29, 1.82) is 0 Å². The number of carbonyl (C=O) groups is 2. The summed E-state index contributed by atoms with van der Waals surface area (Å²) in [6.45, 7) is 9.68. The molecule has 262 valence electrons. The molecule has 2 amide bonds.